The summed E-state index contributed by atoms with van der Waals surface area (Å²) in [5, 5.41) is 9.25. The highest BCUT2D eigenvalue weighted by molar-refractivity contribution is 6.17. The van der Waals surface area contributed by atoms with Crippen molar-refractivity contribution in [3.05, 3.63) is 131 Å². The van der Waals surface area contributed by atoms with Crippen molar-refractivity contribution < 1.29 is 9.68 Å². The Labute approximate surface area is 237 Å². The van der Waals surface area contributed by atoms with Gasteiger partial charge in [0.05, 0.1) is 0 Å². The highest BCUT2D eigenvalue weighted by Gasteiger charge is 2.37. The van der Waals surface area contributed by atoms with Crippen LogP contribution in [-0.2, 0) is 10.8 Å². The first kappa shape index (κ1) is 24.7. The molecule has 0 aliphatic heterocycles. The predicted octanol–water partition coefficient (Wildman–Crippen LogP) is 8.41. The van der Waals surface area contributed by atoms with Crippen LogP contribution in [0, 0.1) is 0 Å². The van der Waals surface area contributed by atoms with Gasteiger partial charge < -0.3 is 14.6 Å². The largest absolute Gasteiger partial charge is 0.539 e. The van der Waals surface area contributed by atoms with Crippen molar-refractivity contribution in [1.82, 2.24) is 0 Å². The topological polar surface area (TPSA) is 32.7 Å². The van der Waals surface area contributed by atoms with Crippen molar-refractivity contribution in [2.75, 3.05) is 4.90 Å². The second-order valence-corrected chi connectivity index (χ2v) is 11.9. The van der Waals surface area contributed by atoms with E-state index in [4.69, 9.17) is 4.65 Å². The lowest BCUT2D eigenvalue weighted by Crippen LogP contribution is -2.18. The molecule has 1 N–H and O–H groups in total. The first-order valence-corrected chi connectivity index (χ1v) is 13.9. The Morgan fingerprint density at radius 3 is 1.43 bits per heavy atom. The fourth-order valence-corrected chi connectivity index (χ4v) is 6.88. The van der Waals surface area contributed by atoms with Crippen LogP contribution in [0.1, 0.15) is 49.9 Å². The van der Waals surface area contributed by atoms with Gasteiger partial charge in [-0.3, -0.25) is 0 Å². The fraction of sp³-hybridized carbons (Fsp3) is 0.167. The van der Waals surface area contributed by atoms with Gasteiger partial charge in [0.1, 0.15) is 5.75 Å². The van der Waals surface area contributed by atoms with Crippen molar-refractivity contribution in [2.45, 2.75) is 38.5 Å². The van der Waals surface area contributed by atoms with E-state index in [2.05, 4.69) is 130 Å². The van der Waals surface area contributed by atoms with Crippen LogP contribution in [0.4, 0.5) is 17.1 Å². The van der Waals surface area contributed by atoms with E-state index in [1.807, 2.05) is 12.1 Å². The molecule has 0 fully saturated rings. The first-order chi connectivity index (χ1) is 19.3. The number of rotatable bonds is 5. The van der Waals surface area contributed by atoms with Crippen molar-refractivity contribution in [3.63, 3.8) is 0 Å². The molecule has 3 nitrogen and oxygen atoms in total. The number of hydrogen-bond donors (Lipinski definition) is 1. The summed E-state index contributed by atoms with van der Waals surface area (Å²) in [5.74, 6) is 0.641. The molecule has 0 aromatic heterocycles. The Morgan fingerprint density at radius 1 is 0.525 bits per heavy atom. The Hall–Kier alpha value is -4.28. The van der Waals surface area contributed by atoms with Gasteiger partial charge >= 0.3 is 7.69 Å². The molecular weight excluding hydrogens is 489 g/mol. The van der Waals surface area contributed by atoms with E-state index in [1.165, 1.54) is 44.5 Å². The summed E-state index contributed by atoms with van der Waals surface area (Å²) >= 11 is 0. The minimum absolute atomic E-state index is 0.0893. The van der Waals surface area contributed by atoms with E-state index in [0.717, 1.165) is 17.1 Å². The minimum atomic E-state index is -0.343. The van der Waals surface area contributed by atoms with Crippen LogP contribution in [-0.4, -0.2) is 12.7 Å². The monoisotopic (exact) mass is 521 g/mol. The van der Waals surface area contributed by atoms with Gasteiger partial charge in [0.25, 0.3) is 0 Å². The molecule has 0 amide bonds. The third kappa shape index (κ3) is 3.56. The number of hydrogen-bond acceptors (Lipinski definition) is 3. The smallest absolute Gasteiger partial charge is 0.504 e. The maximum atomic E-state index is 9.25. The lowest BCUT2D eigenvalue weighted by molar-refractivity contribution is 0.454. The van der Waals surface area contributed by atoms with Crippen LogP contribution < -0.4 is 9.55 Å². The van der Waals surface area contributed by atoms with Gasteiger partial charge in [0, 0.05) is 27.9 Å². The molecule has 0 heterocycles. The average Bonchev–Trinajstić information content (AvgIpc) is 3.34. The third-order valence-corrected chi connectivity index (χ3v) is 8.98. The van der Waals surface area contributed by atoms with E-state index >= 15 is 0 Å². The molecule has 0 unspecified atom stereocenters. The summed E-state index contributed by atoms with van der Waals surface area (Å²) < 4.78 is 5.34. The van der Waals surface area contributed by atoms with E-state index in [-0.39, 0.29) is 18.5 Å². The number of anilines is 3. The van der Waals surface area contributed by atoms with Gasteiger partial charge in [-0.25, -0.2) is 0 Å². The normalized spacial score (nSPS) is 15.0. The molecular formula is C36H32BNO2. The molecule has 40 heavy (non-hydrogen) atoms. The molecule has 5 aromatic rings. The molecule has 0 saturated carbocycles. The zero-order valence-electron chi connectivity index (χ0n) is 23.4. The molecule has 196 valence electrons. The molecule has 0 atom stereocenters. The minimum Gasteiger partial charge on any atom is -0.539 e. The summed E-state index contributed by atoms with van der Waals surface area (Å²) in [7, 11) is -0.343. The summed E-state index contributed by atoms with van der Waals surface area (Å²) in [6.45, 7) is 9.29. The van der Waals surface area contributed by atoms with Gasteiger partial charge in [-0.1, -0.05) is 88.4 Å². The van der Waals surface area contributed by atoms with Crippen molar-refractivity contribution in [1.29, 1.82) is 0 Å². The SMILES string of the molecule is CC1(C)c2ccccc2-c2ccc(N(c3ccc(OBO)cc3)c3ccc4c(c3)C(C)(C)c3ccccc3-4)cc21. The van der Waals surface area contributed by atoms with Crippen LogP contribution in [0.15, 0.2) is 109 Å². The van der Waals surface area contributed by atoms with Gasteiger partial charge in [-0.15, -0.1) is 0 Å². The maximum absolute atomic E-state index is 9.25. The lowest BCUT2D eigenvalue weighted by Gasteiger charge is -2.29. The molecule has 7 rings (SSSR count). The molecule has 0 bridgehead atoms. The average molecular weight is 521 g/mol. The van der Waals surface area contributed by atoms with Crippen molar-refractivity contribution >= 4 is 24.7 Å². The first-order valence-electron chi connectivity index (χ1n) is 13.9. The van der Waals surface area contributed by atoms with E-state index in [9.17, 15) is 5.02 Å². The quantitative estimate of drug-likeness (QED) is 0.236. The van der Waals surface area contributed by atoms with Gasteiger partial charge in [0.15, 0.2) is 0 Å². The second-order valence-electron chi connectivity index (χ2n) is 11.9. The van der Waals surface area contributed by atoms with Gasteiger partial charge in [-0.2, -0.15) is 0 Å². The summed E-state index contributed by atoms with van der Waals surface area (Å²) in [4.78, 5) is 2.33. The van der Waals surface area contributed by atoms with E-state index in [1.54, 1.807) is 0 Å². The third-order valence-electron chi connectivity index (χ3n) is 8.98. The molecule has 5 aromatic carbocycles. The van der Waals surface area contributed by atoms with Crippen LogP contribution >= 0.6 is 0 Å². The molecule has 2 aliphatic carbocycles. The Balaban J connectivity index is 1.40. The number of nitrogens with zero attached hydrogens (tertiary/aromatic N) is 1. The summed E-state index contributed by atoms with van der Waals surface area (Å²) in [6, 6.07) is 39.2. The number of fused-ring (bicyclic) bond motifs is 6. The number of benzene rings is 5. The zero-order chi connectivity index (χ0) is 27.6. The summed E-state index contributed by atoms with van der Waals surface area (Å²) in [5.41, 5.74) is 13.8. The van der Waals surface area contributed by atoms with Gasteiger partial charge in [0.2, 0.25) is 0 Å². The molecule has 2 aliphatic rings. The zero-order valence-corrected chi connectivity index (χ0v) is 23.4. The molecule has 0 spiro atoms. The maximum Gasteiger partial charge on any atom is 0.504 e. The van der Waals surface area contributed by atoms with Crippen LogP contribution in [0.25, 0.3) is 22.3 Å². The van der Waals surface area contributed by atoms with Gasteiger partial charge in [-0.05, 0) is 93.0 Å². The second kappa shape index (κ2) is 8.87. The predicted molar refractivity (Wildman–Crippen MR) is 166 cm³/mol. The fourth-order valence-electron chi connectivity index (χ4n) is 6.88. The Bertz CT molecular complexity index is 1660. The molecule has 0 saturated heterocycles. The van der Waals surface area contributed by atoms with Crippen molar-refractivity contribution in [2.24, 2.45) is 0 Å². The Morgan fingerprint density at radius 2 is 0.950 bits per heavy atom. The summed E-state index contributed by atoms with van der Waals surface area (Å²) in [6.07, 6.45) is 0. The highest BCUT2D eigenvalue weighted by Crippen LogP contribution is 2.52. The molecule has 0 radical (unpaired) electrons. The van der Waals surface area contributed by atoms with E-state index in [0.29, 0.717) is 5.75 Å². The Kier molecular flexibility index (Phi) is 5.49. The highest BCUT2D eigenvalue weighted by atomic mass is 16.5. The van der Waals surface area contributed by atoms with Crippen LogP contribution in [0.2, 0.25) is 0 Å². The van der Waals surface area contributed by atoms with E-state index < -0.39 is 0 Å². The van der Waals surface area contributed by atoms with Crippen LogP contribution in [0.5, 0.6) is 5.75 Å². The lowest BCUT2D eigenvalue weighted by atomic mass is 9.82. The standard InChI is InChI=1S/C36H32BNO2/c1-35(2)31-11-7-5-9-27(31)29-19-15-24(21-33(29)35)38(23-13-17-26(18-14-23)40-37-39)25-16-20-30-28-10-6-8-12-32(28)36(3,4)34(30)22-25/h5-22,37,39H,1-4H3. The van der Waals surface area contributed by atoms with Crippen molar-refractivity contribution in [3.8, 4) is 28.0 Å². The van der Waals surface area contributed by atoms with Crippen LogP contribution in [0.3, 0.4) is 0 Å². The molecule has 4 heteroatoms.